The Hall–Kier alpha value is -5.64. The van der Waals surface area contributed by atoms with Crippen molar-refractivity contribution < 1.29 is 34.0 Å². The lowest BCUT2D eigenvalue weighted by atomic mass is 9.89. The van der Waals surface area contributed by atoms with Crippen molar-refractivity contribution >= 4 is 28.6 Å². The zero-order valence-corrected chi connectivity index (χ0v) is 34.8. The molecule has 2 fully saturated rings. The molecule has 0 saturated carbocycles. The zero-order chi connectivity index (χ0) is 42.6. The highest BCUT2D eigenvalue weighted by Gasteiger charge is 2.41. The number of esters is 1. The number of benzene rings is 3. The first-order valence-electron chi connectivity index (χ1n) is 21.1. The molecular formula is C47H56N6O8. The summed E-state index contributed by atoms with van der Waals surface area (Å²) in [5.74, 6) is 0.188. The number of hydrogen-bond acceptors (Lipinski definition) is 12. The van der Waals surface area contributed by atoms with E-state index in [2.05, 4.69) is 49.4 Å². The molecule has 2 saturated heterocycles. The number of nitrogens with one attached hydrogen (secondary N) is 2. The number of piperidine rings is 1. The van der Waals surface area contributed by atoms with E-state index in [1.165, 1.54) is 23.3 Å². The number of likely N-dealkylation sites (tertiary alicyclic amines) is 1. The van der Waals surface area contributed by atoms with Crippen molar-refractivity contribution in [1.82, 2.24) is 25.1 Å². The van der Waals surface area contributed by atoms with Crippen molar-refractivity contribution in [3.63, 3.8) is 0 Å². The largest absolute Gasteiger partial charge is 0.506 e. The Morgan fingerprint density at radius 3 is 2.61 bits per heavy atom. The van der Waals surface area contributed by atoms with Gasteiger partial charge in [-0.15, -0.1) is 0 Å². The van der Waals surface area contributed by atoms with Crippen molar-refractivity contribution in [2.75, 3.05) is 77.6 Å². The van der Waals surface area contributed by atoms with Crippen LogP contribution in [-0.2, 0) is 38.6 Å². The summed E-state index contributed by atoms with van der Waals surface area (Å²) in [5, 5.41) is 24.6. The highest BCUT2D eigenvalue weighted by Crippen LogP contribution is 2.34. The second-order valence-corrected chi connectivity index (χ2v) is 15.9. The number of H-pyrrole nitrogens is 1. The maximum absolute atomic E-state index is 13.2. The van der Waals surface area contributed by atoms with E-state index in [4.69, 9.17) is 14.2 Å². The number of aliphatic hydroxyl groups excluding tert-OH is 1. The topological polar surface area (TPSA) is 170 Å². The van der Waals surface area contributed by atoms with Crippen LogP contribution in [0, 0.1) is 0 Å². The van der Waals surface area contributed by atoms with Crippen LogP contribution >= 0.6 is 0 Å². The zero-order valence-electron chi connectivity index (χ0n) is 34.8. The number of aromatic hydroxyl groups is 1. The third-order valence-electron chi connectivity index (χ3n) is 11.6. The van der Waals surface area contributed by atoms with Crippen LogP contribution < -0.4 is 15.8 Å². The number of rotatable bonds is 18. The number of ether oxygens (including phenoxy) is 3. The van der Waals surface area contributed by atoms with Crippen molar-refractivity contribution in [1.29, 1.82) is 0 Å². The number of carbonyl (C=O) groups excluding carboxylic acids is 2. The SMILES string of the molecule is CN(CCNCC(O)c1ccc(O)c2[nH]c(=O)ccc12)C(=O)CCOCCc1cccc(CN2CCC3(CC2)CN(c2ncccc2C(=O)OCc2ccccc2)CCO3)c1. The number of nitrogens with zero attached hydrogens (tertiary/aromatic N) is 4. The molecule has 0 bridgehead atoms. The summed E-state index contributed by atoms with van der Waals surface area (Å²) in [4.78, 5) is 51.1. The molecule has 2 aliphatic rings. The van der Waals surface area contributed by atoms with Gasteiger partial charge in [-0.25, -0.2) is 9.78 Å². The van der Waals surface area contributed by atoms with Gasteiger partial charge in [0.25, 0.3) is 0 Å². The molecule has 1 spiro atoms. The average molecular weight is 833 g/mol. The van der Waals surface area contributed by atoms with Crippen LogP contribution in [0.3, 0.4) is 0 Å². The number of anilines is 1. The van der Waals surface area contributed by atoms with Gasteiger partial charge in [0.1, 0.15) is 23.7 Å². The number of aliphatic hydroxyl groups is 1. The van der Waals surface area contributed by atoms with Crippen LogP contribution in [0.15, 0.2) is 102 Å². The fraction of sp³-hybridized carbons (Fsp3) is 0.404. The number of pyridine rings is 2. The third kappa shape index (κ3) is 11.6. The third-order valence-corrected chi connectivity index (χ3v) is 11.6. The summed E-state index contributed by atoms with van der Waals surface area (Å²) in [6, 6.07) is 27.9. The lowest BCUT2D eigenvalue weighted by Crippen LogP contribution is -2.57. The molecule has 14 nitrogen and oxygen atoms in total. The number of phenols is 1. The smallest absolute Gasteiger partial charge is 0.342 e. The molecule has 0 aliphatic carbocycles. The maximum Gasteiger partial charge on any atom is 0.342 e. The van der Waals surface area contributed by atoms with Crippen molar-refractivity contribution in [3.8, 4) is 5.75 Å². The van der Waals surface area contributed by atoms with Crippen LogP contribution in [0.5, 0.6) is 5.75 Å². The van der Waals surface area contributed by atoms with Gasteiger partial charge in [0.2, 0.25) is 11.5 Å². The molecule has 2 aromatic heterocycles. The van der Waals surface area contributed by atoms with Crippen LogP contribution in [0.4, 0.5) is 5.82 Å². The minimum Gasteiger partial charge on any atom is -0.506 e. The highest BCUT2D eigenvalue weighted by molar-refractivity contribution is 5.94. The van der Waals surface area contributed by atoms with Crippen molar-refractivity contribution in [2.24, 2.45) is 0 Å². The molecule has 4 heterocycles. The number of aromatic amines is 1. The normalized spacial score (nSPS) is 15.8. The Labute approximate surface area is 356 Å². The van der Waals surface area contributed by atoms with Gasteiger partial charge in [-0.1, -0.05) is 60.7 Å². The average Bonchev–Trinajstić information content (AvgIpc) is 3.28. The second-order valence-electron chi connectivity index (χ2n) is 15.9. The van der Waals surface area contributed by atoms with E-state index in [0.29, 0.717) is 68.3 Å². The molecular weight excluding hydrogens is 777 g/mol. The molecule has 1 atom stereocenters. The number of aromatic nitrogens is 2. The van der Waals surface area contributed by atoms with Crippen LogP contribution in [0.25, 0.3) is 10.9 Å². The Morgan fingerprint density at radius 1 is 0.967 bits per heavy atom. The summed E-state index contributed by atoms with van der Waals surface area (Å²) in [6.07, 6.45) is 3.65. The molecule has 2 aliphatic heterocycles. The number of fused-ring (bicyclic) bond motifs is 1. The predicted molar refractivity (Wildman–Crippen MR) is 232 cm³/mol. The number of amides is 1. The van der Waals surface area contributed by atoms with Crippen LogP contribution in [-0.4, -0.2) is 120 Å². The lowest BCUT2D eigenvalue weighted by molar-refractivity contribution is -0.131. The van der Waals surface area contributed by atoms with Crippen LogP contribution in [0.1, 0.15) is 58.0 Å². The molecule has 14 heteroatoms. The number of hydrogen-bond donors (Lipinski definition) is 4. The van der Waals surface area contributed by atoms with E-state index >= 15 is 0 Å². The molecule has 5 aromatic rings. The maximum atomic E-state index is 13.2. The quantitative estimate of drug-likeness (QED) is 0.0717. The lowest BCUT2D eigenvalue weighted by Gasteiger charge is -2.47. The van der Waals surface area contributed by atoms with E-state index < -0.39 is 6.10 Å². The standard InChI is InChI=1S/C47H56N6O8/c1-51(24-21-48-30-41(55)37-12-14-40(54)44-38(37)13-15-42(56)50-44)43(57)17-27-59-26-16-34-9-5-10-36(29-34)31-52-22-18-47(19-23-52)33-53(25-28-61-47)45-39(11-6-20-49-45)46(58)60-32-35-7-3-2-4-8-35/h2-15,20,29,41,48,54-55H,16-19,21-28,30-33H2,1H3,(H,50,56). The van der Waals surface area contributed by atoms with Gasteiger partial charge < -0.3 is 44.5 Å². The summed E-state index contributed by atoms with van der Waals surface area (Å²) < 4.78 is 18.0. The van der Waals surface area contributed by atoms with Gasteiger partial charge in [0, 0.05) is 77.1 Å². The van der Waals surface area contributed by atoms with Crippen molar-refractivity contribution in [2.45, 2.75) is 50.5 Å². The molecule has 3 aromatic carbocycles. The Kier molecular flexibility index (Phi) is 14.8. The first-order chi connectivity index (χ1) is 29.7. The van der Waals surface area contributed by atoms with Gasteiger partial charge in [-0.2, -0.15) is 0 Å². The van der Waals surface area contributed by atoms with E-state index in [9.17, 15) is 24.6 Å². The Morgan fingerprint density at radius 2 is 1.77 bits per heavy atom. The summed E-state index contributed by atoms with van der Waals surface area (Å²) in [5.41, 5.74) is 4.09. The van der Waals surface area contributed by atoms with Crippen molar-refractivity contribution in [3.05, 3.63) is 135 Å². The first kappa shape index (κ1) is 43.4. The molecule has 1 amide bonds. The molecule has 4 N–H and O–H groups in total. The van der Waals surface area contributed by atoms with Gasteiger partial charge in [-0.3, -0.25) is 14.5 Å². The molecule has 322 valence electrons. The fourth-order valence-electron chi connectivity index (χ4n) is 8.11. The Balaban J connectivity index is 0.789. The van der Waals surface area contributed by atoms with Gasteiger partial charge in [0.15, 0.2) is 0 Å². The van der Waals surface area contributed by atoms with Gasteiger partial charge in [-0.05, 0) is 65.8 Å². The fourth-order valence-corrected chi connectivity index (χ4v) is 8.11. The van der Waals surface area contributed by atoms with E-state index in [-0.39, 0.29) is 53.9 Å². The number of morpholine rings is 1. The highest BCUT2D eigenvalue weighted by atomic mass is 16.5. The number of likely N-dealkylation sites (N-methyl/N-ethyl adjacent to an activating group) is 1. The molecule has 7 rings (SSSR count). The first-order valence-corrected chi connectivity index (χ1v) is 21.1. The minimum absolute atomic E-state index is 0.0202. The molecule has 0 radical (unpaired) electrons. The number of phenolic OH excluding ortho intramolecular Hbond substituents is 1. The second kappa shape index (κ2) is 20.8. The van der Waals surface area contributed by atoms with Crippen LogP contribution in [0.2, 0.25) is 0 Å². The van der Waals surface area contributed by atoms with Gasteiger partial charge >= 0.3 is 5.97 Å². The predicted octanol–water partition coefficient (Wildman–Crippen LogP) is 4.59. The van der Waals surface area contributed by atoms with E-state index in [1.807, 2.05) is 30.3 Å². The van der Waals surface area contributed by atoms with Gasteiger partial charge in [0.05, 0.1) is 43.5 Å². The minimum atomic E-state index is -0.869. The summed E-state index contributed by atoms with van der Waals surface area (Å²) >= 11 is 0. The molecule has 61 heavy (non-hydrogen) atoms. The Bertz CT molecular complexity index is 2300. The monoisotopic (exact) mass is 832 g/mol. The summed E-state index contributed by atoms with van der Waals surface area (Å²) in [6.45, 7) is 6.79. The van der Waals surface area contributed by atoms with E-state index in [1.54, 1.807) is 42.4 Å². The molecule has 1 unspecified atom stereocenters. The number of carbonyl (C=O) groups is 2. The summed E-state index contributed by atoms with van der Waals surface area (Å²) in [7, 11) is 1.75. The van der Waals surface area contributed by atoms with E-state index in [0.717, 1.165) is 44.5 Å².